The molecule has 0 bridgehead atoms. The minimum absolute atomic E-state index is 0.144. The molecule has 1 heterocycles. The highest BCUT2D eigenvalue weighted by molar-refractivity contribution is 5.80. The predicted octanol–water partition coefficient (Wildman–Crippen LogP) is 1.31. The number of aromatic nitrogens is 2. The summed E-state index contributed by atoms with van der Waals surface area (Å²) in [6.45, 7) is 7.86. The summed E-state index contributed by atoms with van der Waals surface area (Å²) in [5.41, 5.74) is 8.68. The average molecular weight is 180 g/mol. The van der Waals surface area contributed by atoms with Crippen LogP contribution < -0.4 is 5.73 Å². The molecule has 1 rings (SSSR count). The van der Waals surface area contributed by atoms with Crippen LogP contribution in [0.5, 0.6) is 0 Å². The number of rotatable bonds is 2. The maximum Gasteiger partial charge on any atom is 0.116 e. The van der Waals surface area contributed by atoms with Gasteiger partial charge in [-0.25, -0.2) is 0 Å². The third-order valence-corrected chi connectivity index (χ3v) is 2.50. The molecule has 1 aromatic heterocycles. The minimum Gasteiger partial charge on any atom is -0.386 e. The molecule has 13 heavy (non-hydrogen) atoms. The number of amidine groups is 1. The molecule has 72 valence electrons. The Kier molecular flexibility index (Phi) is 2.40. The molecular formula is C9H16N4. The van der Waals surface area contributed by atoms with Crippen molar-refractivity contribution in [1.29, 1.82) is 5.41 Å². The summed E-state index contributed by atoms with van der Waals surface area (Å²) in [5, 5.41) is 11.7. The van der Waals surface area contributed by atoms with Crippen LogP contribution in [-0.4, -0.2) is 15.6 Å². The van der Waals surface area contributed by atoms with E-state index in [1.165, 1.54) is 5.56 Å². The Hall–Kier alpha value is -1.32. The van der Waals surface area contributed by atoms with Gasteiger partial charge in [0.2, 0.25) is 0 Å². The maximum atomic E-state index is 7.33. The first-order chi connectivity index (χ1) is 5.95. The summed E-state index contributed by atoms with van der Waals surface area (Å²) in [6.07, 6.45) is 0. The van der Waals surface area contributed by atoms with Crippen LogP contribution in [0.4, 0.5) is 0 Å². The third kappa shape index (κ3) is 1.56. The first kappa shape index (κ1) is 9.77. The lowest BCUT2D eigenvalue weighted by atomic mass is 10.2. The number of hydrogen-bond donors (Lipinski definition) is 2. The summed E-state index contributed by atoms with van der Waals surface area (Å²) in [7, 11) is 0. The molecule has 1 unspecified atom stereocenters. The second-order valence-electron chi connectivity index (χ2n) is 3.37. The summed E-state index contributed by atoms with van der Waals surface area (Å²) in [5.74, 6) is 0.144. The van der Waals surface area contributed by atoms with Gasteiger partial charge in [0.15, 0.2) is 0 Å². The van der Waals surface area contributed by atoms with E-state index in [-0.39, 0.29) is 11.9 Å². The first-order valence-electron chi connectivity index (χ1n) is 4.31. The number of hydrogen-bond acceptors (Lipinski definition) is 2. The Morgan fingerprint density at radius 1 is 1.46 bits per heavy atom. The van der Waals surface area contributed by atoms with Gasteiger partial charge in [-0.05, 0) is 33.3 Å². The molecule has 0 radical (unpaired) electrons. The van der Waals surface area contributed by atoms with Crippen molar-refractivity contribution in [2.75, 3.05) is 0 Å². The van der Waals surface area contributed by atoms with Crippen molar-refractivity contribution in [3.8, 4) is 0 Å². The van der Waals surface area contributed by atoms with Gasteiger partial charge in [0, 0.05) is 5.69 Å². The molecule has 3 N–H and O–H groups in total. The van der Waals surface area contributed by atoms with Crippen molar-refractivity contribution in [2.24, 2.45) is 5.73 Å². The van der Waals surface area contributed by atoms with Crippen molar-refractivity contribution in [3.05, 3.63) is 17.0 Å². The second-order valence-corrected chi connectivity index (χ2v) is 3.37. The van der Waals surface area contributed by atoms with Crippen LogP contribution in [0.25, 0.3) is 0 Å². The van der Waals surface area contributed by atoms with E-state index in [4.69, 9.17) is 11.1 Å². The Morgan fingerprint density at radius 3 is 2.31 bits per heavy atom. The fraction of sp³-hybridized carbons (Fsp3) is 0.556. The standard InChI is InChI=1S/C9H16N4/c1-5-6(2)12-13(7(5)3)8(4)9(10)11/h8H,1-4H3,(H3,10,11). The zero-order chi connectivity index (χ0) is 10.2. The molecule has 1 aromatic rings. The number of nitrogens with one attached hydrogen (secondary N) is 1. The lowest BCUT2D eigenvalue weighted by Gasteiger charge is -2.12. The zero-order valence-electron chi connectivity index (χ0n) is 8.55. The monoisotopic (exact) mass is 180 g/mol. The third-order valence-electron chi connectivity index (χ3n) is 2.50. The topological polar surface area (TPSA) is 67.7 Å². The van der Waals surface area contributed by atoms with E-state index in [1.54, 1.807) is 4.68 Å². The Bertz CT molecular complexity index is 338. The van der Waals surface area contributed by atoms with Crippen LogP contribution in [0.2, 0.25) is 0 Å². The average Bonchev–Trinajstić information content (AvgIpc) is 2.31. The maximum absolute atomic E-state index is 7.33. The fourth-order valence-corrected chi connectivity index (χ4v) is 1.25. The van der Waals surface area contributed by atoms with E-state index < -0.39 is 0 Å². The molecule has 0 aliphatic rings. The quantitative estimate of drug-likeness (QED) is 0.532. The van der Waals surface area contributed by atoms with Gasteiger partial charge in [0.1, 0.15) is 11.9 Å². The smallest absolute Gasteiger partial charge is 0.116 e. The van der Waals surface area contributed by atoms with Gasteiger partial charge in [-0.3, -0.25) is 10.1 Å². The molecule has 0 saturated carbocycles. The van der Waals surface area contributed by atoms with Crippen molar-refractivity contribution in [2.45, 2.75) is 33.7 Å². The number of nitrogens with two attached hydrogens (primary N) is 1. The Morgan fingerprint density at radius 2 is 2.00 bits per heavy atom. The van der Waals surface area contributed by atoms with E-state index in [9.17, 15) is 0 Å². The van der Waals surface area contributed by atoms with Gasteiger partial charge >= 0.3 is 0 Å². The molecule has 0 saturated heterocycles. The second kappa shape index (κ2) is 3.20. The van der Waals surface area contributed by atoms with E-state index in [0.717, 1.165) is 11.4 Å². The van der Waals surface area contributed by atoms with Gasteiger partial charge in [0.25, 0.3) is 0 Å². The van der Waals surface area contributed by atoms with Gasteiger partial charge in [0.05, 0.1) is 5.69 Å². The Labute approximate surface area is 78.3 Å². The summed E-state index contributed by atoms with van der Waals surface area (Å²) in [4.78, 5) is 0. The van der Waals surface area contributed by atoms with Crippen molar-refractivity contribution in [1.82, 2.24) is 9.78 Å². The van der Waals surface area contributed by atoms with Crippen LogP contribution in [0.3, 0.4) is 0 Å². The summed E-state index contributed by atoms with van der Waals surface area (Å²) in [6, 6.07) is -0.146. The van der Waals surface area contributed by atoms with Gasteiger partial charge < -0.3 is 5.73 Å². The summed E-state index contributed by atoms with van der Waals surface area (Å²) >= 11 is 0. The van der Waals surface area contributed by atoms with Gasteiger partial charge in [-0.2, -0.15) is 5.10 Å². The van der Waals surface area contributed by atoms with Gasteiger partial charge in [-0.15, -0.1) is 0 Å². The fourth-order valence-electron chi connectivity index (χ4n) is 1.25. The van der Waals surface area contributed by atoms with Crippen LogP contribution >= 0.6 is 0 Å². The lowest BCUT2D eigenvalue weighted by Crippen LogP contribution is -2.24. The van der Waals surface area contributed by atoms with E-state index in [2.05, 4.69) is 5.10 Å². The number of aryl methyl sites for hydroxylation is 1. The van der Waals surface area contributed by atoms with Gasteiger partial charge in [-0.1, -0.05) is 0 Å². The number of nitrogens with zero attached hydrogens (tertiary/aromatic N) is 2. The molecular weight excluding hydrogens is 164 g/mol. The van der Waals surface area contributed by atoms with Crippen molar-refractivity contribution < 1.29 is 0 Å². The molecule has 0 fully saturated rings. The molecule has 0 amide bonds. The molecule has 4 nitrogen and oxygen atoms in total. The first-order valence-corrected chi connectivity index (χ1v) is 4.31. The van der Waals surface area contributed by atoms with Crippen LogP contribution in [0.15, 0.2) is 0 Å². The van der Waals surface area contributed by atoms with Crippen molar-refractivity contribution in [3.63, 3.8) is 0 Å². The molecule has 0 aromatic carbocycles. The molecule has 1 atom stereocenters. The highest BCUT2D eigenvalue weighted by Crippen LogP contribution is 2.15. The Balaban J connectivity index is 3.15. The largest absolute Gasteiger partial charge is 0.386 e. The highest BCUT2D eigenvalue weighted by Gasteiger charge is 2.14. The SMILES string of the molecule is Cc1nn(C(C)C(=N)N)c(C)c1C. The van der Waals surface area contributed by atoms with E-state index >= 15 is 0 Å². The van der Waals surface area contributed by atoms with Crippen LogP contribution in [0, 0.1) is 26.2 Å². The predicted molar refractivity (Wildman–Crippen MR) is 53.1 cm³/mol. The summed E-state index contributed by atoms with van der Waals surface area (Å²) < 4.78 is 1.80. The van der Waals surface area contributed by atoms with Crippen molar-refractivity contribution >= 4 is 5.84 Å². The van der Waals surface area contributed by atoms with E-state index in [1.807, 2.05) is 27.7 Å². The zero-order valence-corrected chi connectivity index (χ0v) is 8.55. The highest BCUT2D eigenvalue weighted by atomic mass is 15.3. The van der Waals surface area contributed by atoms with E-state index in [0.29, 0.717) is 0 Å². The molecule has 0 aliphatic carbocycles. The molecule has 0 aliphatic heterocycles. The van der Waals surface area contributed by atoms with Crippen LogP contribution in [-0.2, 0) is 0 Å². The van der Waals surface area contributed by atoms with Crippen LogP contribution in [0.1, 0.15) is 29.9 Å². The molecule has 0 spiro atoms. The minimum atomic E-state index is -0.146. The normalized spacial score (nSPS) is 12.9. The molecule has 4 heteroatoms. The lowest BCUT2D eigenvalue weighted by molar-refractivity contribution is 0.581.